The van der Waals surface area contributed by atoms with Crippen molar-refractivity contribution in [2.24, 2.45) is 0 Å². The Bertz CT molecular complexity index is 550. The summed E-state index contributed by atoms with van der Waals surface area (Å²) in [6, 6.07) is 5.67. The minimum Gasteiger partial charge on any atom is -0.368 e. The maximum Gasteiger partial charge on any atom is 0.248 e. The van der Waals surface area contributed by atoms with E-state index in [1.54, 1.807) is 0 Å². The van der Waals surface area contributed by atoms with Crippen molar-refractivity contribution in [2.75, 3.05) is 11.1 Å². The van der Waals surface area contributed by atoms with Gasteiger partial charge in [-0.05, 0) is 30.7 Å². The molecule has 1 aromatic carbocycles. The minimum absolute atomic E-state index is 0.277. The molecule has 5 nitrogen and oxygen atoms in total. The van der Waals surface area contributed by atoms with E-state index in [0.29, 0.717) is 5.95 Å². The largest absolute Gasteiger partial charge is 0.368 e. The summed E-state index contributed by atoms with van der Waals surface area (Å²) in [6.07, 6.45) is 5.34. The highest BCUT2D eigenvalue weighted by molar-refractivity contribution is 5.58. The number of nitrogen functional groups attached to an aromatic ring is 1. The molecule has 0 fully saturated rings. The number of aryl methyl sites for hydroxylation is 1. The highest BCUT2D eigenvalue weighted by Gasteiger charge is 2.02. The first-order valence-corrected chi connectivity index (χ1v) is 4.71. The zero-order valence-electron chi connectivity index (χ0n) is 8.78. The van der Waals surface area contributed by atoms with Gasteiger partial charge in [0.05, 0.1) is 0 Å². The molecule has 0 amide bonds. The Kier molecular flexibility index (Phi) is 2.48. The van der Waals surface area contributed by atoms with Gasteiger partial charge in [0.2, 0.25) is 11.9 Å². The second kappa shape index (κ2) is 3.95. The number of benzene rings is 1. The van der Waals surface area contributed by atoms with Gasteiger partial charge in [0, 0.05) is 11.3 Å². The van der Waals surface area contributed by atoms with Gasteiger partial charge in [-0.15, -0.1) is 11.5 Å². The van der Waals surface area contributed by atoms with E-state index in [2.05, 4.69) is 26.4 Å². The number of nitrogens with two attached hydrogens (primary N) is 1. The van der Waals surface area contributed by atoms with E-state index >= 15 is 0 Å². The molecule has 0 aliphatic heterocycles. The van der Waals surface area contributed by atoms with Crippen LogP contribution in [-0.4, -0.2) is 15.2 Å². The fraction of sp³-hybridized carbons (Fsp3) is 0.0909. The monoisotopic (exact) mass is 213 g/mol. The van der Waals surface area contributed by atoms with Crippen LogP contribution < -0.4 is 11.1 Å². The number of anilines is 3. The number of nitrogens with zero attached hydrogens (tertiary/aromatic N) is 2. The zero-order chi connectivity index (χ0) is 11.5. The molecular weight excluding hydrogens is 202 g/mol. The quantitative estimate of drug-likeness (QED) is 0.659. The van der Waals surface area contributed by atoms with E-state index in [4.69, 9.17) is 12.2 Å². The number of nitrogens with one attached hydrogen (secondary N) is 2. The topological polar surface area (TPSA) is 79.6 Å². The average molecular weight is 213 g/mol. The van der Waals surface area contributed by atoms with Crippen molar-refractivity contribution in [1.29, 1.82) is 0 Å². The molecule has 0 spiro atoms. The molecule has 1 heterocycles. The lowest BCUT2D eigenvalue weighted by Crippen LogP contribution is -1.94. The van der Waals surface area contributed by atoms with Crippen LogP contribution >= 0.6 is 0 Å². The minimum atomic E-state index is 0.277. The molecule has 80 valence electrons. The molecule has 0 atom stereocenters. The molecule has 16 heavy (non-hydrogen) atoms. The third kappa shape index (κ3) is 1.96. The maximum absolute atomic E-state index is 5.41. The average Bonchev–Trinajstić information content (AvgIpc) is 2.64. The van der Waals surface area contributed by atoms with Gasteiger partial charge in [-0.25, -0.2) is 5.10 Å². The lowest BCUT2D eigenvalue weighted by Gasteiger charge is -2.04. The van der Waals surface area contributed by atoms with Crippen LogP contribution in [0.25, 0.3) is 0 Å². The van der Waals surface area contributed by atoms with Crippen LogP contribution in [0.4, 0.5) is 17.6 Å². The molecule has 0 radical (unpaired) electrons. The summed E-state index contributed by atoms with van der Waals surface area (Å²) in [6.45, 7) is 1.95. The standard InChI is InChI=1S/C11H11N5/c1-3-8-4-5-9(6-7(8)2)13-11-14-10(12)15-16-11/h1,4-6H,2H3,(H4,12,13,14,15,16). The summed E-state index contributed by atoms with van der Waals surface area (Å²) < 4.78 is 0. The van der Waals surface area contributed by atoms with Crippen molar-refractivity contribution >= 4 is 17.6 Å². The Morgan fingerprint density at radius 3 is 2.88 bits per heavy atom. The molecular formula is C11H11N5. The number of H-pyrrole nitrogens is 1. The number of aromatic amines is 1. The van der Waals surface area contributed by atoms with Gasteiger partial charge < -0.3 is 11.1 Å². The molecule has 0 unspecified atom stereocenters. The Morgan fingerprint density at radius 1 is 1.50 bits per heavy atom. The van der Waals surface area contributed by atoms with Crippen LogP contribution in [0, 0.1) is 19.3 Å². The van der Waals surface area contributed by atoms with Crippen LogP contribution in [0.15, 0.2) is 18.2 Å². The van der Waals surface area contributed by atoms with Crippen LogP contribution in [0.5, 0.6) is 0 Å². The second-order valence-electron chi connectivity index (χ2n) is 3.34. The van der Waals surface area contributed by atoms with E-state index in [1.165, 1.54) is 0 Å². The molecule has 2 aromatic rings. The number of rotatable bonds is 2. The molecule has 0 saturated heterocycles. The van der Waals surface area contributed by atoms with Crippen molar-refractivity contribution in [3.8, 4) is 12.3 Å². The van der Waals surface area contributed by atoms with E-state index in [1.807, 2.05) is 25.1 Å². The van der Waals surface area contributed by atoms with Crippen molar-refractivity contribution in [2.45, 2.75) is 6.92 Å². The molecule has 1 aromatic heterocycles. The van der Waals surface area contributed by atoms with Crippen LogP contribution in [0.1, 0.15) is 11.1 Å². The summed E-state index contributed by atoms with van der Waals surface area (Å²) in [5, 5.41) is 9.43. The van der Waals surface area contributed by atoms with Crippen LogP contribution in [0.2, 0.25) is 0 Å². The van der Waals surface area contributed by atoms with Crippen LogP contribution in [0.3, 0.4) is 0 Å². The number of hydrogen-bond donors (Lipinski definition) is 3. The smallest absolute Gasteiger partial charge is 0.248 e. The fourth-order valence-corrected chi connectivity index (χ4v) is 1.36. The first-order chi connectivity index (χ1) is 7.69. The van der Waals surface area contributed by atoms with Gasteiger partial charge in [0.15, 0.2) is 0 Å². The molecule has 5 heteroatoms. The zero-order valence-corrected chi connectivity index (χ0v) is 8.78. The van der Waals surface area contributed by atoms with E-state index in [9.17, 15) is 0 Å². The van der Waals surface area contributed by atoms with Crippen LogP contribution in [-0.2, 0) is 0 Å². The normalized spacial score (nSPS) is 9.75. The number of aromatic nitrogens is 3. The summed E-state index contributed by atoms with van der Waals surface area (Å²) in [7, 11) is 0. The first kappa shape index (κ1) is 10.1. The second-order valence-corrected chi connectivity index (χ2v) is 3.34. The SMILES string of the molecule is C#Cc1ccc(Nc2n[nH]c(N)n2)cc1C. The van der Waals surface area contributed by atoms with Crippen molar-refractivity contribution < 1.29 is 0 Å². The first-order valence-electron chi connectivity index (χ1n) is 4.71. The molecule has 2 rings (SSSR count). The Balaban J connectivity index is 2.23. The summed E-state index contributed by atoms with van der Waals surface area (Å²) in [4.78, 5) is 3.94. The predicted octanol–water partition coefficient (Wildman–Crippen LogP) is 1.42. The molecule has 4 N–H and O–H groups in total. The Morgan fingerprint density at radius 2 is 2.31 bits per heavy atom. The maximum atomic E-state index is 5.41. The number of hydrogen-bond acceptors (Lipinski definition) is 4. The summed E-state index contributed by atoms with van der Waals surface area (Å²) >= 11 is 0. The summed E-state index contributed by atoms with van der Waals surface area (Å²) in [5.41, 5.74) is 8.18. The third-order valence-electron chi connectivity index (χ3n) is 2.14. The molecule has 0 saturated carbocycles. The Labute approximate surface area is 93.1 Å². The lowest BCUT2D eigenvalue weighted by atomic mass is 10.1. The van der Waals surface area contributed by atoms with Gasteiger partial charge in [-0.3, -0.25) is 0 Å². The van der Waals surface area contributed by atoms with Gasteiger partial charge in [0.1, 0.15) is 0 Å². The molecule has 0 aliphatic carbocycles. The van der Waals surface area contributed by atoms with Gasteiger partial charge in [-0.1, -0.05) is 5.92 Å². The van der Waals surface area contributed by atoms with E-state index in [-0.39, 0.29) is 5.95 Å². The van der Waals surface area contributed by atoms with Crippen molar-refractivity contribution in [3.63, 3.8) is 0 Å². The van der Waals surface area contributed by atoms with Crippen molar-refractivity contribution in [1.82, 2.24) is 15.2 Å². The van der Waals surface area contributed by atoms with E-state index in [0.717, 1.165) is 16.8 Å². The fourth-order valence-electron chi connectivity index (χ4n) is 1.36. The lowest BCUT2D eigenvalue weighted by molar-refractivity contribution is 1.10. The molecule has 0 bridgehead atoms. The number of terminal acetylenes is 1. The predicted molar refractivity (Wildman–Crippen MR) is 63.2 cm³/mol. The highest BCUT2D eigenvalue weighted by Crippen LogP contribution is 2.17. The Hall–Kier alpha value is -2.48. The van der Waals surface area contributed by atoms with Crippen molar-refractivity contribution in [3.05, 3.63) is 29.3 Å². The van der Waals surface area contributed by atoms with E-state index < -0.39 is 0 Å². The van der Waals surface area contributed by atoms with Gasteiger partial charge in [0.25, 0.3) is 0 Å². The summed E-state index contributed by atoms with van der Waals surface area (Å²) in [5.74, 6) is 3.32. The third-order valence-corrected chi connectivity index (χ3v) is 2.14. The molecule has 0 aliphatic rings. The van der Waals surface area contributed by atoms with Gasteiger partial charge >= 0.3 is 0 Å². The highest BCUT2D eigenvalue weighted by atomic mass is 15.3. The van der Waals surface area contributed by atoms with Gasteiger partial charge in [-0.2, -0.15) is 4.98 Å².